The molecule has 3 aromatic rings. The second-order valence-electron chi connectivity index (χ2n) is 8.92. The molecule has 5 rings (SSSR count). The number of thiophene rings is 1. The van der Waals surface area contributed by atoms with Gasteiger partial charge in [0.15, 0.2) is 0 Å². The topological polar surface area (TPSA) is 71.3 Å². The van der Waals surface area contributed by atoms with Gasteiger partial charge in [-0.15, -0.1) is 0 Å². The van der Waals surface area contributed by atoms with E-state index in [1.54, 1.807) is 34.5 Å². The molecule has 0 aromatic carbocycles. The Balaban J connectivity index is 1.13. The molecule has 0 aliphatic carbocycles. The van der Waals surface area contributed by atoms with Crippen LogP contribution in [0.5, 0.6) is 0 Å². The fourth-order valence-electron chi connectivity index (χ4n) is 4.77. The molecule has 0 radical (unpaired) electrons. The third-order valence-electron chi connectivity index (χ3n) is 6.80. The highest BCUT2D eigenvalue weighted by atomic mass is 32.1. The number of piperidine rings is 1. The molecule has 8 heteroatoms. The van der Waals surface area contributed by atoms with Crippen LogP contribution < -0.4 is 0 Å². The molecule has 2 saturated heterocycles. The first kappa shape index (κ1) is 21.6. The quantitative estimate of drug-likeness (QED) is 0.545. The van der Waals surface area contributed by atoms with Crippen molar-refractivity contribution >= 4 is 29.2 Å². The molecule has 33 heavy (non-hydrogen) atoms. The number of hydrogen-bond acceptors (Lipinski definition) is 5. The molecule has 170 valence electrons. The number of carbonyl (C=O) groups excluding carboxylic acids is 2. The maximum absolute atomic E-state index is 12.9. The number of aromatic nitrogens is 3. The Kier molecular flexibility index (Phi) is 6.09. The number of amides is 2. The summed E-state index contributed by atoms with van der Waals surface area (Å²) in [5, 5.41) is 8.59. The lowest BCUT2D eigenvalue weighted by atomic mass is 9.78. The molecule has 0 N–H and O–H groups in total. The van der Waals surface area contributed by atoms with Crippen molar-refractivity contribution in [3.8, 4) is 11.3 Å². The zero-order chi connectivity index (χ0) is 22.7. The summed E-state index contributed by atoms with van der Waals surface area (Å²) in [6, 6.07) is 7.75. The van der Waals surface area contributed by atoms with E-state index in [-0.39, 0.29) is 23.8 Å². The summed E-state index contributed by atoms with van der Waals surface area (Å²) < 4.78 is 1.71. The summed E-state index contributed by atoms with van der Waals surface area (Å²) >= 11 is 1.63. The van der Waals surface area contributed by atoms with Crippen molar-refractivity contribution in [1.29, 1.82) is 0 Å². The van der Waals surface area contributed by atoms with Gasteiger partial charge in [0.1, 0.15) is 6.54 Å². The Morgan fingerprint density at radius 1 is 1.03 bits per heavy atom. The van der Waals surface area contributed by atoms with Gasteiger partial charge >= 0.3 is 0 Å². The van der Waals surface area contributed by atoms with Crippen LogP contribution in [0.25, 0.3) is 17.3 Å². The van der Waals surface area contributed by atoms with Crippen LogP contribution >= 0.6 is 11.3 Å². The minimum Gasteiger partial charge on any atom is -0.341 e. The lowest BCUT2D eigenvalue weighted by molar-refractivity contribution is -0.132. The summed E-state index contributed by atoms with van der Waals surface area (Å²) in [4.78, 5) is 33.4. The highest BCUT2D eigenvalue weighted by Crippen LogP contribution is 2.40. The van der Waals surface area contributed by atoms with Gasteiger partial charge < -0.3 is 9.80 Å². The van der Waals surface area contributed by atoms with Gasteiger partial charge in [-0.05, 0) is 71.3 Å². The summed E-state index contributed by atoms with van der Waals surface area (Å²) in [6.45, 7) is 3.31. The number of rotatable bonds is 5. The number of nitrogens with zero attached hydrogens (tertiary/aromatic N) is 5. The fourth-order valence-corrected chi connectivity index (χ4v) is 5.39. The van der Waals surface area contributed by atoms with Gasteiger partial charge in [-0.2, -0.15) is 16.4 Å². The number of pyridine rings is 1. The van der Waals surface area contributed by atoms with E-state index in [9.17, 15) is 9.59 Å². The molecule has 7 nitrogen and oxygen atoms in total. The molecule has 2 amide bonds. The summed E-state index contributed by atoms with van der Waals surface area (Å²) in [5.74, 6) is 0.180. The number of likely N-dealkylation sites (tertiary alicyclic amines) is 2. The second kappa shape index (κ2) is 9.31. The first-order valence-corrected chi connectivity index (χ1v) is 12.3. The van der Waals surface area contributed by atoms with Crippen LogP contribution in [0.15, 0.2) is 59.7 Å². The molecule has 2 fully saturated rings. The van der Waals surface area contributed by atoms with Gasteiger partial charge in [0, 0.05) is 56.4 Å². The molecule has 0 unspecified atom stereocenters. The predicted molar refractivity (Wildman–Crippen MR) is 128 cm³/mol. The Morgan fingerprint density at radius 3 is 2.52 bits per heavy atom. The normalized spacial score (nSPS) is 17.8. The van der Waals surface area contributed by atoms with E-state index in [0.717, 1.165) is 62.3 Å². The highest BCUT2D eigenvalue weighted by molar-refractivity contribution is 7.08. The fraction of sp³-hybridized carbons (Fsp3) is 0.360. The van der Waals surface area contributed by atoms with Crippen molar-refractivity contribution < 1.29 is 9.59 Å². The van der Waals surface area contributed by atoms with Crippen LogP contribution in [0.3, 0.4) is 0 Å². The molecule has 0 saturated carbocycles. The van der Waals surface area contributed by atoms with Gasteiger partial charge in [-0.1, -0.05) is 0 Å². The van der Waals surface area contributed by atoms with E-state index < -0.39 is 0 Å². The van der Waals surface area contributed by atoms with Crippen LogP contribution in [0.4, 0.5) is 0 Å². The Labute approximate surface area is 197 Å². The van der Waals surface area contributed by atoms with E-state index in [1.807, 2.05) is 57.1 Å². The Bertz CT molecular complexity index is 1130. The third kappa shape index (κ3) is 4.90. The van der Waals surface area contributed by atoms with Crippen molar-refractivity contribution in [2.75, 3.05) is 26.2 Å². The molecule has 5 heterocycles. The SMILES string of the molecule is O=C(/C=C/c1ccsc1)N1CCC2(CC1)CCN(C(=O)Cn1ccc(-c3ccncc3)n1)C2. The molecule has 1 spiro atoms. The Morgan fingerprint density at radius 2 is 1.79 bits per heavy atom. The Hall–Kier alpha value is -3.26. The van der Waals surface area contributed by atoms with Crippen molar-refractivity contribution in [3.63, 3.8) is 0 Å². The van der Waals surface area contributed by atoms with Crippen LogP contribution in [0, 0.1) is 5.41 Å². The third-order valence-corrected chi connectivity index (χ3v) is 7.50. The van der Waals surface area contributed by atoms with E-state index in [2.05, 4.69) is 10.1 Å². The number of carbonyl (C=O) groups is 2. The molecule has 2 aliphatic heterocycles. The van der Waals surface area contributed by atoms with Crippen LogP contribution in [0.2, 0.25) is 0 Å². The standard InChI is InChI=1S/C25H27N5O2S/c31-23(2-1-20-6-16-33-18-20)28-13-7-25(8-14-28)9-15-29(19-25)24(32)17-30-12-5-22(27-30)21-3-10-26-11-4-21/h1-6,10-12,16,18H,7-9,13-15,17,19H2/b2-1+. The summed E-state index contributed by atoms with van der Waals surface area (Å²) in [5.41, 5.74) is 3.03. The van der Waals surface area contributed by atoms with Gasteiger partial charge in [-0.25, -0.2) is 0 Å². The van der Waals surface area contributed by atoms with E-state index in [0.29, 0.717) is 0 Å². The van der Waals surface area contributed by atoms with Crippen molar-refractivity contribution in [1.82, 2.24) is 24.6 Å². The minimum atomic E-state index is 0.0747. The first-order valence-electron chi connectivity index (χ1n) is 11.3. The molecule has 3 aromatic heterocycles. The summed E-state index contributed by atoms with van der Waals surface area (Å²) in [7, 11) is 0. The monoisotopic (exact) mass is 461 g/mol. The lowest BCUT2D eigenvalue weighted by Crippen LogP contribution is -2.44. The maximum Gasteiger partial charge on any atom is 0.246 e. The molecule has 2 aliphatic rings. The average molecular weight is 462 g/mol. The van der Waals surface area contributed by atoms with Gasteiger partial charge in [-0.3, -0.25) is 19.3 Å². The number of hydrogen-bond donors (Lipinski definition) is 0. The summed E-state index contributed by atoms with van der Waals surface area (Å²) in [6.07, 6.45) is 11.8. The van der Waals surface area contributed by atoms with E-state index in [4.69, 9.17) is 0 Å². The van der Waals surface area contributed by atoms with Crippen molar-refractivity contribution in [2.24, 2.45) is 5.41 Å². The first-order chi connectivity index (χ1) is 16.1. The van der Waals surface area contributed by atoms with E-state index in [1.165, 1.54) is 0 Å². The molecular weight excluding hydrogens is 434 g/mol. The molecule has 0 atom stereocenters. The maximum atomic E-state index is 12.9. The van der Waals surface area contributed by atoms with Gasteiger partial charge in [0.25, 0.3) is 0 Å². The van der Waals surface area contributed by atoms with E-state index >= 15 is 0 Å². The van der Waals surface area contributed by atoms with Crippen molar-refractivity contribution in [2.45, 2.75) is 25.8 Å². The zero-order valence-electron chi connectivity index (χ0n) is 18.5. The largest absolute Gasteiger partial charge is 0.341 e. The molecule has 0 bridgehead atoms. The van der Waals surface area contributed by atoms with Crippen molar-refractivity contribution in [3.05, 3.63) is 65.3 Å². The molecular formula is C25H27N5O2S. The smallest absolute Gasteiger partial charge is 0.246 e. The second-order valence-corrected chi connectivity index (χ2v) is 9.70. The van der Waals surface area contributed by atoms with Crippen LogP contribution in [0.1, 0.15) is 24.8 Å². The van der Waals surface area contributed by atoms with Crippen LogP contribution in [-0.2, 0) is 16.1 Å². The minimum absolute atomic E-state index is 0.0747. The zero-order valence-corrected chi connectivity index (χ0v) is 19.3. The lowest BCUT2D eigenvalue weighted by Gasteiger charge is -2.39. The average Bonchev–Trinajstić information content (AvgIpc) is 3.61. The van der Waals surface area contributed by atoms with Crippen LogP contribution in [-0.4, -0.2) is 62.6 Å². The predicted octanol–water partition coefficient (Wildman–Crippen LogP) is 3.56. The van der Waals surface area contributed by atoms with Gasteiger partial charge in [0.05, 0.1) is 5.69 Å². The van der Waals surface area contributed by atoms with Gasteiger partial charge in [0.2, 0.25) is 11.8 Å². The highest BCUT2D eigenvalue weighted by Gasteiger charge is 2.42.